The monoisotopic (exact) mass is 516 g/mol. The maximum absolute atomic E-state index is 13.8. The number of anilines is 2. The van der Waals surface area contributed by atoms with Crippen LogP contribution in [0.5, 0.6) is 0 Å². The Morgan fingerprint density at radius 1 is 1.19 bits per heavy atom. The number of amides is 1. The number of para-hydroxylation sites is 2. The third-order valence-electron chi connectivity index (χ3n) is 5.27. The van der Waals surface area contributed by atoms with Gasteiger partial charge in [0.15, 0.2) is 5.69 Å². The van der Waals surface area contributed by atoms with E-state index in [1.54, 1.807) is 30.3 Å². The molecule has 36 heavy (non-hydrogen) atoms. The number of alkyl halides is 3. The van der Waals surface area contributed by atoms with E-state index in [-0.39, 0.29) is 28.1 Å². The summed E-state index contributed by atoms with van der Waals surface area (Å²) in [6.45, 7) is 0.327. The molecule has 0 bridgehead atoms. The number of pyridine rings is 1. The molecule has 11 heteroatoms. The molecule has 0 atom stereocenters. The van der Waals surface area contributed by atoms with Crippen LogP contribution in [-0.4, -0.2) is 35.6 Å². The maximum atomic E-state index is 13.8. The molecule has 3 aromatic rings. The number of benzene rings is 2. The number of nitrogens with zero attached hydrogens (tertiary/aromatic N) is 3. The zero-order chi connectivity index (χ0) is 26.5. The van der Waals surface area contributed by atoms with E-state index in [1.807, 2.05) is 0 Å². The summed E-state index contributed by atoms with van der Waals surface area (Å²) in [5.41, 5.74) is -1.49. The largest absolute Gasteiger partial charge is 0.481 e. The lowest BCUT2D eigenvalue weighted by Gasteiger charge is -2.23. The quantitative estimate of drug-likeness (QED) is 0.364. The normalized spacial score (nSPS) is 11.0. The molecule has 0 spiro atoms. The minimum Gasteiger partial charge on any atom is -0.481 e. The number of carbonyl (C=O) groups excluding carboxylic acids is 1. The number of halogens is 4. The van der Waals surface area contributed by atoms with Crippen molar-refractivity contribution in [1.82, 2.24) is 4.98 Å². The Morgan fingerprint density at radius 2 is 1.92 bits per heavy atom. The van der Waals surface area contributed by atoms with E-state index in [9.17, 15) is 28.0 Å². The first-order chi connectivity index (χ1) is 17.0. The number of carboxylic acids is 1. The number of hydrogen-bond donors (Lipinski definition) is 2. The summed E-state index contributed by atoms with van der Waals surface area (Å²) in [4.78, 5) is 29.0. The third-order valence-corrected chi connectivity index (χ3v) is 5.51. The molecule has 2 aromatic carbocycles. The lowest BCUT2D eigenvalue weighted by molar-refractivity contribution is -0.140. The molecule has 0 aliphatic heterocycles. The van der Waals surface area contributed by atoms with Gasteiger partial charge in [-0.15, -0.1) is 0 Å². The molecule has 0 saturated carbocycles. The van der Waals surface area contributed by atoms with Gasteiger partial charge < -0.3 is 15.3 Å². The molecule has 1 aromatic heterocycles. The van der Waals surface area contributed by atoms with Crippen LogP contribution in [0.25, 0.3) is 11.1 Å². The predicted octanol–water partition coefficient (Wildman–Crippen LogP) is 5.85. The van der Waals surface area contributed by atoms with Gasteiger partial charge in [0.1, 0.15) is 0 Å². The van der Waals surface area contributed by atoms with E-state index >= 15 is 0 Å². The molecule has 0 unspecified atom stereocenters. The Kier molecular flexibility index (Phi) is 8.17. The van der Waals surface area contributed by atoms with Crippen LogP contribution in [0, 0.1) is 11.3 Å². The van der Waals surface area contributed by atoms with E-state index in [0.717, 1.165) is 12.3 Å². The summed E-state index contributed by atoms with van der Waals surface area (Å²) >= 11 is 6.09. The average Bonchev–Trinajstić information content (AvgIpc) is 2.84. The van der Waals surface area contributed by atoms with Gasteiger partial charge in [-0.3, -0.25) is 14.6 Å². The lowest BCUT2D eigenvalue weighted by atomic mass is 9.93. The molecule has 0 aliphatic carbocycles. The van der Waals surface area contributed by atoms with Crippen LogP contribution in [0.1, 0.15) is 34.5 Å². The van der Waals surface area contributed by atoms with Gasteiger partial charge in [0.2, 0.25) is 0 Å². The van der Waals surface area contributed by atoms with Crippen LogP contribution < -0.4 is 10.2 Å². The molecular weight excluding hydrogens is 497 g/mol. The Bertz CT molecular complexity index is 1340. The van der Waals surface area contributed by atoms with Crippen molar-refractivity contribution in [2.24, 2.45) is 0 Å². The molecule has 0 radical (unpaired) electrons. The summed E-state index contributed by atoms with van der Waals surface area (Å²) < 4.78 is 41.4. The Hall–Kier alpha value is -4.10. The summed E-state index contributed by atoms with van der Waals surface area (Å²) in [5.74, 6) is -1.58. The highest BCUT2D eigenvalue weighted by Crippen LogP contribution is 2.40. The molecular formula is C25H20ClF3N4O3. The number of carbonyl (C=O) groups is 2. The number of nitrogens with one attached hydrogen (secondary N) is 1. The highest BCUT2D eigenvalue weighted by Gasteiger charge is 2.38. The van der Waals surface area contributed by atoms with Crippen molar-refractivity contribution in [2.45, 2.75) is 19.0 Å². The average molecular weight is 517 g/mol. The number of aromatic nitrogens is 1. The van der Waals surface area contributed by atoms with Crippen LogP contribution in [0.3, 0.4) is 0 Å². The second-order valence-electron chi connectivity index (χ2n) is 7.69. The van der Waals surface area contributed by atoms with Crippen molar-refractivity contribution < 1.29 is 27.9 Å². The number of nitriles is 1. The Labute approximate surface area is 209 Å². The fourth-order valence-corrected chi connectivity index (χ4v) is 3.79. The molecule has 0 saturated heterocycles. The highest BCUT2D eigenvalue weighted by molar-refractivity contribution is 6.31. The van der Waals surface area contributed by atoms with E-state index in [2.05, 4.69) is 10.3 Å². The standard InChI is InChI=1S/C25H20ClF3N4O3/c1-33(20-6-3-2-5-19(20)31-11-4-7-21(34)35)24(36)17-9-8-16(26)13-18(17)22-15(14-30)10-12-32-23(22)25(27,28)29/h2-3,5-6,8-10,12-13,31H,4,7,11H2,1H3,(H,34,35). The first kappa shape index (κ1) is 26.5. The van der Waals surface area contributed by atoms with Gasteiger partial charge >= 0.3 is 12.1 Å². The fraction of sp³-hybridized carbons (Fsp3) is 0.200. The van der Waals surface area contributed by atoms with Crippen molar-refractivity contribution in [3.8, 4) is 17.2 Å². The van der Waals surface area contributed by atoms with E-state index in [0.29, 0.717) is 24.3 Å². The number of hydrogen-bond acceptors (Lipinski definition) is 5. The van der Waals surface area contributed by atoms with Gasteiger partial charge in [0.25, 0.3) is 5.91 Å². The summed E-state index contributed by atoms with van der Waals surface area (Å²) in [6, 6.07) is 13.5. The Morgan fingerprint density at radius 3 is 2.58 bits per heavy atom. The van der Waals surface area contributed by atoms with E-state index < -0.39 is 29.3 Å². The summed E-state index contributed by atoms with van der Waals surface area (Å²) in [6.07, 6.45) is -3.69. The molecule has 0 fully saturated rings. The van der Waals surface area contributed by atoms with Crippen molar-refractivity contribution in [1.29, 1.82) is 5.26 Å². The highest BCUT2D eigenvalue weighted by atomic mass is 35.5. The summed E-state index contributed by atoms with van der Waals surface area (Å²) in [5, 5.41) is 21.5. The maximum Gasteiger partial charge on any atom is 0.434 e. The van der Waals surface area contributed by atoms with Crippen LogP contribution in [-0.2, 0) is 11.0 Å². The number of carboxylic acid groups (broad SMARTS) is 1. The molecule has 1 heterocycles. The van der Waals surface area contributed by atoms with Crippen LogP contribution in [0.2, 0.25) is 5.02 Å². The van der Waals surface area contributed by atoms with Gasteiger partial charge in [0, 0.05) is 42.4 Å². The smallest absolute Gasteiger partial charge is 0.434 e. The van der Waals surface area contributed by atoms with Crippen molar-refractivity contribution in [2.75, 3.05) is 23.8 Å². The minimum absolute atomic E-state index is 0.0358. The van der Waals surface area contributed by atoms with E-state index in [4.69, 9.17) is 16.7 Å². The molecule has 1 amide bonds. The van der Waals surface area contributed by atoms with Gasteiger partial charge in [-0.1, -0.05) is 23.7 Å². The van der Waals surface area contributed by atoms with Crippen molar-refractivity contribution >= 4 is 34.9 Å². The zero-order valence-electron chi connectivity index (χ0n) is 18.9. The third kappa shape index (κ3) is 5.93. The number of rotatable bonds is 8. The number of aliphatic carboxylic acids is 1. The SMILES string of the molecule is CN(C(=O)c1ccc(Cl)cc1-c1c(C#N)ccnc1C(F)(F)F)c1ccccc1NCCCC(=O)O. The fourth-order valence-electron chi connectivity index (χ4n) is 3.62. The van der Waals surface area contributed by atoms with E-state index in [1.165, 1.54) is 30.1 Å². The molecule has 0 aliphatic rings. The molecule has 2 N–H and O–H groups in total. The van der Waals surface area contributed by atoms with Gasteiger partial charge in [-0.05, 0) is 48.4 Å². The van der Waals surface area contributed by atoms with Gasteiger partial charge in [0.05, 0.1) is 23.0 Å². The minimum atomic E-state index is -4.89. The van der Waals surface area contributed by atoms with Crippen LogP contribution >= 0.6 is 11.6 Å². The zero-order valence-corrected chi connectivity index (χ0v) is 19.7. The molecule has 3 rings (SSSR count). The second kappa shape index (κ2) is 11.1. The first-order valence-electron chi connectivity index (χ1n) is 10.6. The van der Waals surface area contributed by atoms with Gasteiger partial charge in [-0.25, -0.2) is 0 Å². The van der Waals surface area contributed by atoms with Gasteiger partial charge in [-0.2, -0.15) is 18.4 Å². The van der Waals surface area contributed by atoms with Crippen LogP contribution in [0.4, 0.5) is 24.5 Å². The first-order valence-corrected chi connectivity index (χ1v) is 11.0. The van der Waals surface area contributed by atoms with Crippen molar-refractivity contribution in [3.63, 3.8) is 0 Å². The molecule has 7 nitrogen and oxygen atoms in total. The second-order valence-corrected chi connectivity index (χ2v) is 8.12. The summed E-state index contributed by atoms with van der Waals surface area (Å²) in [7, 11) is 1.46. The lowest BCUT2D eigenvalue weighted by Crippen LogP contribution is -2.28. The Balaban J connectivity index is 2.07. The molecule has 186 valence electrons. The predicted molar refractivity (Wildman–Crippen MR) is 129 cm³/mol. The topological polar surface area (TPSA) is 106 Å². The van der Waals surface area contributed by atoms with Crippen molar-refractivity contribution in [3.05, 3.63) is 76.6 Å². The van der Waals surface area contributed by atoms with Crippen LogP contribution in [0.15, 0.2) is 54.7 Å².